The Labute approximate surface area is 319 Å². The standard InChI is InChI=1S/C40H43F2N5O7S/c1-25-7-12-34-29(17-25)18-33(38(45-34)46-16-14-40(41,42)26(2)22-46)39(48)44-30-13-15-43-37(19-30)55(49,50)47(23-27-8-10-31(51-3)20-35(27)53-5)24-28-9-11-32(52-4)21-36(28)54-6/h7-13,15,17-21,26H,14,16,22-24H2,1-6H3,(H,43,44,48). The zero-order chi connectivity index (χ0) is 39.5. The molecule has 3 heterocycles. The molecule has 1 atom stereocenters. The third-order valence-electron chi connectivity index (χ3n) is 9.70. The summed E-state index contributed by atoms with van der Waals surface area (Å²) in [5.41, 5.74) is 2.99. The van der Waals surface area contributed by atoms with Gasteiger partial charge in [0.05, 0.1) is 39.5 Å². The molecule has 0 radical (unpaired) electrons. The zero-order valence-electron chi connectivity index (χ0n) is 31.4. The average molecular weight is 776 g/mol. The Kier molecular flexibility index (Phi) is 11.4. The van der Waals surface area contributed by atoms with E-state index in [1.54, 1.807) is 47.4 Å². The van der Waals surface area contributed by atoms with Crippen LogP contribution in [0.3, 0.4) is 0 Å². The van der Waals surface area contributed by atoms with E-state index in [0.29, 0.717) is 45.0 Å². The Morgan fingerprint density at radius 1 is 0.891 bits per heavy atom. The van der Waals surface area contributed by atoms with Crippen LogP contribution in [0.5, 0.6) is 23.0 Å². The molecule has 1 N–H and O–H groups in total. The molecule has 1 aliphatic rings. The first-order valence-electron chi connectivity index (χ1n) is 17.5. The first-order chi connectivity index (χ1) is 26.3. The number of amides is 1. The van der Waals surface area contributed by atoms with Crippen molar-refractivity contribution < 1.29 is 40.9 Å². The Hall–Kier alpha value is -5.54. The summed E-state index contributed by atoms with van der Waals surface area (Å²) in [6.45, 7) is 3.16. The van der Waals surface area contributed by atoms with Crippen molar-refractivity contribution in [3.8, 4) is 23.0 Å². The molecule has 12 nitrogen and oxygen atoms in total. The first kappa shape index (κ1) is 39.2. The third kappa shape index (κ3) is 8.42. The van der Waals surface area contributed by atoms with Crippen molar-refractivity contribution >= 4 is 38.3 Å². The van der Waals surface area contributed by atoms with Crippen molar-refractivity contribution in [1.82, 2.24) is 14.3 Å². The summed E-state index contributed by atoms with van der Waals surface area (Å²) in [6.07, 6.45) is 0.912. The van der Waals surface area contributed by atoms with Crippen LogP contribution in [-0.4, -0.2) is 76.0 Å². The lowest BCUT2D eigenvalue weighted by atomic mass is 9.95. The summed E-state index contributed by atoms with van der Waals surface area (Å²) < 4.78 is 81.2. The number of carbonyl (C=O) groups excluding carboxylic acids is 1. The van der Waals surface area contributed by atoms with Crippen LogP contribution in [0, 0.1) is 12.8 Å². The summed E-state index contributed by atoms with van der Waals surface area (Å²) in [5, 5.41) is 3.18. The van der Waals surface area contributed by atoms with Crippen LogP contribution >= 0.6 is 0 Å². The maximum atomic E-state index is 14.6. The minimum atomic E-state index is -4.37. The summed E-state index contributed by atoms with van der Waals surface area (Å²) in [7, 11) is 1.63. The number of anilines is 2. The van der Waals surface area contributed by atoms with Gasteiger partial charge in [-0.3, -0.25) is 4.79 Å². The number of aromatic nitrogens is 2. The number of aryl methyl sites for hydroxylation is 1. The van der Waals surface area contributed by atoms with E-state index in [2.05, 4.69) is 10.3 Å². The molecule has 1 amide bonds. The second-order valence-electron chi connectivity index (χ2n) is 13.4. The van der Waals surface area contributed by atoms with Gasteiger partial charge in [-0.15, -0.1) is 0 Å². The number of sulfonamides is 1. The molecule has 55 heavy (non-hydrogen) atoms. The van der Waals surface area contributed by atoms with Gasteiger partial charge in [0.25, 0.3) is 21.9 Å². The minimum Gasteiger partial charge on any atom is -0.497 e. The fraction of sp³-hybridized carbons (Fsp3) is 0.325. The topological polar surface area (TPSA) is 132 Å². The van der Waals surface area contributed by atoms with Crippen molar-refractivity contribution in [1.29, 1.82) is 0 Å². The molecule has 0 bridgehead atoms. The summed E-state index contributed by atoms with van der Waals surface area (Å²) in [6, 6.07) is 20.2. The summed E-state index contributed by atoms with van der Waals surface area (Å²) in [4.78, 5) is 24.8. The van der Waals surface area contributed by atoms with E-state index in [0.717, 1.165) is 5.56 Å². The Morgan fingerprint density at radius 3 is 2.11 bits per heavy atom. The Bertz CT molecular complexity index is 2270. The Morgan fingerprint density at radius 2 is 1.53 bits per heavy atom. The number of carbonyl (C=O) groups is 1. The van der Waals surface area contributed by atoms with Gasteiger partial charge in [-0.1, -0.05) is 30.7 Å². The fourth-order valence-electron chi connectivity index (χ4n) is 6.50. The molecule has 5 aromatic rings. The predicted molar refractivity (Wildman–Crippen MR) is 205 cm³/mol. The maximum Gasteiger partial charge on any atom is 0.261 e. The van der Waals surface area contributed by atoms with Crippen LogP contribution in [0.25, 0.3) is 10.9 Å². The van der Waals surface area contributed by atoms with E-state index in [1.165, 1.54) is 58.0 Å². The first-order valence-corrected chi connectivity index (χ1v) is 18.9. The molecule has 1 saturated heterocycles. The van der Waals surface area contributed by atoms with Crippen LogP contribution in [0.15, 0.2) is 84.0 Å². The highest BCUT2D eigenvalue weighted by molar-refractivity contribution is 7.89. The average Bonchev–Trinajstić information content (AvgIpc) is 3.18. The molecule has 6 rings (SSSR count). The van der Waals surface area contributed by atoms with Gasteiger partial charge in [-0.2, -0.15) is 4.31 Å². The van der Waals surface area contributed by atoms with Gasteiger partial charge in [-0.05, 0) is 43.3 Å². The van der Waals surface area contributed by atoms with Gasteiger partial charge in [0.15, 0.2) is 5.03 Å². The summed E-state index contributed by atoms with van der Waals surface area (Å²) >= 11 is 0. The lowest BCUT2D eigenvalue weighted by molar-refractivity contribution is -0.0652. The highest BCUT2D eigenvalue weighted by atomic mass is 32.2. The molecule has 0 aliphatic carbocycles. The molecule has 3 aromatic carbocycles. The lowest BCUT2D eigenvalue weighted by Crippen LogP contribution is -2.46. The van der Waals surface area contributed by atoms with Gasteiger partial charge in [0.2, 0.25) is 0 Å². The Balaban J connectivity index is 1.36. The van der Waals surface area contributed by atoms with Gasteiger partial charge >= 0.3 is 0 Å². The normalized spacial score (nSPS) is 15.5. The number of nitrogens with one attached hydrogen (secondary N) is 1. The number of piperidine rings is 1. The van der Waals surface area contributed by atoms with Crippen LogP contribution in [0.1, 0.15) is 40.4 Å². The van der Waals surface area contributed by atoms with E-state index >= 15 is 0 Å². The molecule has 1 aliphatic heterocycles. The van der Waals surface area contributed by atoms with E-state index in [1.807, 2.05) is 25.1 Å². The molecule has 290 valence electrons. The van der Waals surface area contributed by atoms with Crippen molar-refractivity contribution in [3.63, 3.8) is 0 Å². The van der Waals surface area contributed by atoms with E-state index < -0.39 is 27.8 Å². The highest BCUT2D eigenvalue weighted by Gasteiger charge is 2.42. The molecule has 2 aromatic heterocycles. The second kappa shape index (κ2) is 16.1. The maximum absolute atomic E-state index is 14.6. The number of methoxy groups -OCH3 is 4. The second-order valence-corrected chi connectivity index (χ2v) is 15.3. The molecular formula is C40H43F2N5O7S. The molecule has 0 spiro atoms. The van der Waals surface area contributed by atoms with E-state index in [-0.39, 0.29) is 54.7 Å². The third-order valence-corrected chi connectivity index (χ3v) is 11.4. The van der Waals surface area contributed by atoms with Crippen molar-refractivity contribution in [2.45, 2.75) is 44.3 Å². The lowest BCUT2D eigenvalue weighted by Gasteiger charge is -2.38. The molecule has 15 heteroatoms. The smallest absolute Gasteiger partial charge is 0.261 e. The van der Waals surface area contributed by atoms with Crippen molar-refractivity contribution in [2.24, 2.45) is 5.92 Å². The van der Waals surface area contributed by atoms with E-state index in [4.69, 9.17) is 23.9 Å². The monoisotopic (exact) mass is 775 g/mol. The number of alkyl halides is 2. The quantitative estimate of drug-likeness (QED) is 0.132. The SMILES string of the molecule is COc1ccc(CN(Cc2ccc(OC)cc2OC)S(=O)(=O)c2cc(NC(=O)c3cc4cc(C)ccc4nc3N3CCC(F)(F)C(C)C3)ccn2)c(OC)c1. The summed E-state index contributed by atoms with van der Waals surface area (Å²) in [5.74, 6) is -2.22. The van der Waals surface area contributed by atoms with Gasteiger partial charge in [0, 0.05) is 85.1 Å². The number of hydrogen-bond acceptors (Lipinski definition) is 10. The number of nitrogens with zero attached hydrogens (tertiary/aromatic N) is 4. The largest absolute Gasteiger partial charge is 0.497 e. The molecule has 1 unspecified atom stereocenters. The van der Waals surface area contributed by atoms with Crippen molar-refractivity contribution in [3.05, 3.63) is 101 Å². The molecule has 1 fully saturated rings. The van der Waals surface area contributed by atoms with Gasteiger partial charge in [0.1, 0.15) is 28.8 Å². The number of ether oxygens (including phenoxy) is 4. The van der Waals surface area contributed by atoms with Crippen LogP contribution in [-0.2, 0) is 23.1 Å². The van der Waals surface area contributed by atoms with Crippen molar-refractivity contribution in [2.75, 3.05) is 51.7 Å². The molecule has 0 saturated carbocycles. The number of fused-ring (bicyclic) bond motifs is 1. The molecular weight excluding hydrogens is 733 g/mol. The predicted octanol–water partition coefficient (Wildman–Crippen LogP) is 7.10. The number of benzene rings is 3. The number of halogens is 2. The van der Waals surface area contributed by atoms with Gasteiger partial charge in [-0.25, -0.2) is 27.2 Å². The van der Waals surface area contributed by atoms with E-state index in [9.17, 15) is 22.0 Å². The highest BCUT2D eigenvalue weighted by Crippen LogP contribution is 2.37. The minimum absolute atomic E-state index is 0.00307. The van der Waals surface area contributed by atoms with Crippen LogP contribution in [0.2, 0.25) is 0 Å². The fourth-order valence-corrected chi connectivity index (χ4v) is 7.85. The van der Waals surface area contributed by atoms with Crippen LogP contribution < -0.4 is 29.2 Å². The van der Waals surface area contributed by atoms with Crippen LogP contribution in [0.4, 0.5) is 20.3 Å². The number of hydrogen-bond donors (Lipinski definition) is 1. The van der Waals surface area contributed by atoms with Gasteiger partial charge < -0.3 is 29.2 Å². The number of rotatable bonds is 13. The number of pyridine rings is 2. The zero-order valence-corrected chi connectivity index (χ0v) is 32.2.